The normalized spacial score (nSPS) is 11.0. The number of aryl methyl sites for hydroxylation is 1. The van der Waals surface area contributed by atoms with Crippen LogP contribution in [0, 0.1) is 0 Å². The minimum Gasteiger partial charge on any atom is -0.444 e. The van der Waals surface area contributed by atoms with Crippen LogP contribution in [0.1, 0.15) is 20.8 Å². The Labute approximate surface area is 94.0 Å². The Morgan fingerprint density at radius 2 is 2.06 bits per heavy atom. The van der Waals surface area contributed by atoms with E-state index in [0.29, 0.717) is 0 Å². The van der Waals surface area contributed by atoms with E-state index in [1.165, 1.54) is 10.6 Å². The van der Waals surface area contributed by atoms with E-state index in [1.807, 2.05) is 0 Å². The third kappa shape index (κ3) is 3.42. The molecule has 0 spiro atoms. The zero-order chi connectivity index (χ0) is 12.3. The summed E-state index contributed by atoms with van der Waals surface area (Å²) in [5, 5.41) is 2.41. The molecule has 0 saturated carbocycles. The molecule has 16 heavy (non-hydrogen) atoms. The van der Waals surface area contributed by atoms with E-state index < -0.39 is 11.7 Å². The Bertz CT molecular complexity index is 443. The number of aromatic nitrogens is 1. The van der Waals surface area contributed by atoms with Crippen LogP contribution in [0.3, 0.4) is 0 Å². The largest absolute Gasteiger partial charge is 0.444 e. The van der Waals surface area contributed by atoms with E-state index in [9.17, 15) is 9.59 Å². The van der Waals surface area contributed by atoms with Gasteiger partial charge in [-0.2, -0.15) is 0 Å². The van der Waals surface area contributed by atoms with Crippen molar-refractivity contribution in [2.45, 2.75) is 26.4 Å². The van der Waals surface area contributed by atoms with Crippen LogP contribution in [0.25, 0.3) is 0 Å². The van der Waals surface area contributed by atoms with Crippen molar-refractivity contribution in [3.8, 4) is 0 Å². The van der Waals surface area contributed by atoms with Crippen molar-refractivity contribution in [1.82, 2.24) is 4.57 Å². The first kappa shape index (κ1) is 12.3. The number of ether oxygens (including phenoxy) is 1. The number of nitrogens with zero attached hydrogens (tertiary/aromatic N) is 1. The topological polar surface area (TPSA) is 60.3 Å². The monoisotopic (exact) mass is 224 g/mol. The fourth-order valence-corrected chi connectivity index (χ4v) is 1.11. The molecule has 1 heterocycles. The number of anilines is 1. The smallest absolute Gasteiger partial charge is 0.412 e. The SMILES string of the molecule is Cn1cccc(NC(=O)OC(C)(C)C)c1=O. The van der Waals surface area contributed by atoms with Crippen molar-refractivity contribution in [2.24, 2.45) is 7.05 Å². The van der Waals surface area contributed by atoms with E-state index in [2.05, 4.69) is 5.32 Å². The Morgan fingerprint density at radius 1 is 1.44 bits per heavy atom. The molecule has 0 unspecified atom stereocenters. The van der Waals surface area contributed by atoms with Gasteiger partial charge in [-0.25, -0.2) is 4.79 Å². The molecular formula is C11H16N2O3. The van der Waals surface area contributed by atoms with Crippen LogP contribution in [0.4, 0.5) is 10.5 Å². The van der Waals surface area contributed by atoms with E-state index in [4.69, 9.17) is 4.74 Å². The number of pyridine rings is 1. The van der Waals surface area contributed by atoms with Gasteiger partial charge in [0.25, 0.3) is 5.56 Å². The maximum absolute atomic E-state index is 11.6. The highest BCUT2D eigenvalue weighted by Crippen LogP contribution is 2.08. The molecule has 1 aromatic rings. The van der Waals surface area contributed by atoms with Gasteiger partial charge in [-0.15, -0.1) is 0 Å². The van der Waals surface area contributed by atoms with Gasteiger partial charge in [-0.05, 0) is 32.9 Å². The lowest BCUT2D eigenvalue weighted by atomic mass is 10.2. The second-order valence-electron chi connectivity index (χ2n) is 4.46. The van der Waals surface area contributed by atoms with Crippen LogP contribution in [0.15, 0.2) is 23.1 Å². The lowest BCUT2D eigenvalue weighted by Gasteiger charge is -2.19. The summed E-state index contributed by atoms with van der Waals surface area (Å²) in [6.45, 7) is 5.28. The summed E-state index contributed by atoms with van der Waals surface area (Å²) in [7, 11) is 1.61. The molecular weight excluding hydrogens is 208 g/mol. The first-order valence-corrected chi connectivity index (χ1v) is 4.95. The Morgan fingerprint density at radius 3 is 2.62 bits per heavy atom. The lowest BCUT2D eigenvalue weighted by molar-refractivity contribution is 0.0635. The van der Waals surface area contributed by atoms with Crippen molar-refractivity contribution in [2.75, 3.05) is 5.32 Å². The van der Waals surface area contributed by atoms with Gasteiger partial charge in [-0.3, -0.25) is 10.1 Å². The maximum atomic E-state index is 11.6. The number of hydrogen-bond donors (Lipinski definition) is 1. The van der Waals surface area contributed by atoms with Crippen LogP contribution in [-0.2, 0) is 11.8 Å². The second-order valence-corrected chi connectivity index (χ2v) is 4.46. The summed E-state index contributed by atoms with van der Waals surface area (Å²) < 4.78 is 6.42. The minimum atomic E-state index is -0.629. The number of nitrogens with one attached hydrogen (secondary N) is 1. The van der Waals surface area contributed by atoms with Crippen molar-refractivity contribution < 1.29 is 9.53 Å². The van der Waals surface area contributed by atoms with Crippen LogP contribution >= 0.6 is 0 Å². The Hall–Kier alpha value is -1.78. The highest BCUT2D eigenvalue weighted by atomic mass is 16.6. The summed E-state index contributed by atoms with van der Waals surface area (Å²) in [4.78, 5) is 23.0. The predicted molar refractivity (Wildman–Crippen MR) is 61.5 cm³/mol. The second kappa shape index (κ2) is 4.38. The van der Waals surface area contributed by atoms with Gasteiger partial charge in [-0.1, -0.05) is 0 Å². The van der Waals surface area contributed by atoms with Gasteiger partial charge in [0.1, 0.15) is 11.3 Å². The van der Waals surface area contributed by atoms with Gasteiger partial charge in [0.05, 0.1) is 0 Å². The highest BCUT2D eigenvalue weighted by molar-refractivity contribution is 5.84. The molecule has 1 amide bonds. The molecule has 1 aromatic heterocycles. The number of amides is 1. The molecule has 1 N–H and O–H groups in total. The Balaban J connectivity index is 2.78. The van der Waals surface area contributed by atoms with E-state index >= 15 is 0 Å². The average molecular weight is 224 g/mol. The minimum absolute atomic E-state index is 0.208. The summed E-state index contributed by atoms with van der Waals surface area (Å²) in [5.41, 5.74) is -0.642. The molecule has 0 radical (unpaired) electrons. The molecule has 0 bridgehead atoms. The fourth-order valence-electron chi connectivity index (χ4n) is 1.11. The average Bonchev–Trinajstić information content (AvgIpc) is 2.09. The molecule has 5 heteroatoms. The third-order valence-electron chi connectivity index (χ3n) is 1.76. The van der Waals surface area contributed by atoms with Gasteiger partial charge < -0.3 is 9.30 Å². The highest BCUT2D eigenvalue weighted by Gasteiger charge is 2.16. The summed E-state index contributed by atoms with van der Waals surface area (Å²) in [6.07, 6.45) is 0.985. The number of rotatable bonds is 1. The number of carbonyl (C=O) groups excluding carboxylic acids is 1. The van der Waals surface area contributed by atoms with E-state index in [0.717, 1.165) is 0 Å². The van der Waals surface area contributed by atoms with E-state index in [1.54, 1.807) is 40.1 Å². The molecule has 5 nitrogen and oxygen atoms in total. The van der Waals surface area contributed by atoms with Gasteiger partial charge in [0, 0.05) is 13.2 Å². The van der Waals surface area contributed by atoms with Crippen molar-refractivity contribution in [3.05, 3.63) is 28.7 Å². The first-order chi connectivity index (χ1) is 7.29. The van der Waals surface area contributed by atoms with Crippen molar-refractivity contribution in [1.29, 1.82) is 0 Å². The van der Waals surface area contributed by atoms with Crippen LogP contribution in [0.5, 0.6) is 0 Å². The molecule has 0 aliphatic rings. The standard InChI is InChI=1S/C11H16N2O3/c1-11(2,3)16-10(15)12-8-6-5-7-13(4)9(8)14/h5-7H,1-4H3,(H,12,15). The summed E-state index contributed by atoms with van der Waals surface area (Å²) >= 11 is 0. The molecule has 1 rings (SSSR count). The Kier molecular flexibility index (Phi) is 3.37. The van der Waals surface area contributed by atoms with Gasteiger partial charge in [0.2, 0.25) is 0 Å². The lowest BCUT2D eigenvalue weighted by Crippen LogP contribution is -2.30. The molecule has 0 fully saturated rings. The molecule has 0 atom stereocenters. The van der Waals surface area contributed by atoms with E-state index in [-0.39, 0.29) is 11.2 Å². The molecule has 88 valence electrons. The molecule has 0 aliphatic heterocycles. The van der Waals surface area contributed by atoms with Gasteiger partial charge >= 0.3 is 6.09 Å². The molecule has 0 aliphatic carbocycles. The van der Waals surface area contributed by atoms with Crippen molar-refractivity contribution in [3.63, 3.8) is 0 Å². The molecule has 0 aromatic carbocycles. The zero-order valence-electron chi connectivity index (χ0n) is 9.90. The van der Waals surface area contributed by atoms with Crippen LogP contribution in [-0.4, -0.2) is 16.3 Å². The number of carbonyl (C=O) groups is 1. The first-order valence-electron chi connectivity index (χ1n) is 4.95. The number of hydrogen-bond acceptors (Lipinski definition) is 3. The fraction of sp³-hybridized carbons (Fsp3) is 0.455. The maximum Gasteiger partial charge on any atom is 0.412 e. The summed E-state index contributed by atoms with van der Waals surface area (Å²) in [6, 6.07) is 3.21. The quantitative estimate of drug-likeness (QED) is 0.790. The van der Waals surface area contributed by atoms with Gasteiger partial charge in [0.15, 0.2) is 0 Å². The van der Waals surface area contributed by atoms with Crippen LogP contribution < -0.4 is 10.9 Å². The summed E-state index contributed by atoms with van der Waals surface area (Å²) in [5.74, 6) is 0. The van der Waals surface area contributed by atoms with Crippen molar-refractivity contribution >= 4 is 11.8 Å². The molecule has 0 saturated heterocycles. The third-order valence-corrected chi connectivity index (χ3v) is 1.76. The predicted octanol–water partition coefficient (Wildman–Crippen LogP) is 1.73. The van der Waals surface area contributed by atoms with Crippen LogP contribution in [0.2, 0.25) is 0 Å². The zero-order valence-corrected chi connectivity index (χ0v) is 9.90.